The van der Waals surface area contributed by atoms with Gasteiger partial charge in [0.25, 0.3) is 0 Å². The summed E-state index contributed by atoms with van der Waals surface area (Å²) < 4.78 is 0. The third kappa shape index (κ3) is 3.62. The number of benzene rings is 1. The van der Waals surface area contributed by atoms with Crippen LogP contribution < -0.4 is 5.32 Å². The lowest BCUT2D eigenvalue weighted by Crippen LogP contribution is -2.46. The van der Waals surface area contributed by atoms with Crippen molar-refractivity contribution < 1.29 is 4.79 Å². The Kier molecular flexibility index (Phi) is 4.86. The normalized spacial score (nSPS) is 27.4. The molecule has 0 unspecified atom stereocenters. The molecule has 1 aromatic carbocycles. The number of carbonyl (C=O) groups excluding carboxylic acids is 1. The molecule has 1 aromatic heterocycles. The molecule has 0 spiro atoms. The number of aryl methyl sites for hydroxylation is 1. The first kappa shape index (κ1) is 16.7. The van der Waals surface area contributed by atoms with Crippen LogP contribution in [-0.2, 0) is 11.3 Å². The maximum absolute atomic E-state index is 12.1. The van der Waals surface area contributed by atoms with Crippen LogP contribution in [0.25, 0.3) is 0 Å². The van der Waals surface area contributed by atoms with E-state index in [1.54, 1.807) is 11.3 Å². The lowest BCUT2D eigenvalue weighted by molar-refractivity contribution is -0.122. The number of aromatic nitrogens is 1. The highest BCUT2D eigenvalue weighted by Crippen LogP contribution is 2.40. The van der Waals surface area contributed by atoms with Crippen LogP contribution in [0.15, 0.2) is 35.7 Å². The van der Waals surface area contributed by atoms with Crippen LogP contribution >= 0.6 is 11.3 Å². The lowest BCUT2D eigenvalue weighted by atomic mass is 9.97. The number of thiazole rings is 1. The van der Waals surface area contributed by atoms with Crippen molar-refractivity contribution in [2.24, 2.45) is 0 Å². The van der Waals surface area contributed by atoms with Gasteiger partial charge in [-0.2, -0.15) is 0 Å². The number of hydrogen-bond acceptors (Lipinski definition) is 4. The molecule has 0 radical (unpaired) electrons. The quantitative estimate of drug-likeness (QED) is 0.910. The van der Waals surface area contributed by atoms with Gasteiger partial charge in [0.05, 0.1) is 10.7 Å². The fourth-order valence-electron chi connectivity index (χ4n) is 4.33. The smallest absolute Gasteiger partial charge is 0.220 e. The van der Waals surface area contributed by atoms with Crippen molar-refractivity contribution in [2.75, 3.05) is 0 Å². The summed E-state index contributed by atoms with van der Waals surface area (Å²) in [6.45, 7) is 2.92. The average molecular weight is 356 g/mol. The minimum Gasteiger partial charge on any atom is -0.352 e. The van der Waals surface area contributed by atoms with Gasteiger partial charge in [0.15, 0.2) is 0 Å². The van der Waals surface area contributed by atoms with E-state index < -0.39 is 0 Å². The summed E-state index contributed by atoms with van der Waals surface area (Å²) in [6, 6.07) is 11.7. The van der Waals surface area contributed by atoms with Crippen molar-refractivity contribution in [3.8, 4) is 0 Å². The zero-order chi connectivity index (χ0) is 17.2. The molecule has 0 aliphatic carbocycles. The second-order valence-corrected chi connectivity index (χ2v) is 8.24. The Bertz CT molecular complexity index is 730. The van der Waals surface area contributed by atoms with Crippen LogP contribution in [0.2, 0.25) is 0 Å². The molecule has 3 atom stereocenters. The highest BCUT2D eigenvalue weighted by molar-refractivity contribution is 7.09. The molecular weight excluding hydrogens is 330 g/mol. The number of fused-ring (bicyclic) bond motifs is 1. The Labute approximate surface area is 153 Å². The zero-order valence-corrected chi connectivity index (χ0v) is 15.5. The van der Waals surface area contributed by atoms with Gasteiger partial charge in [-0.05, 0) is 31.7 Å². The molecule has 25 heavy (non-hydrogen) atoms. The van der Waals surface area contributed by atoms with Crippen LogP contribution in [0.3, 0.4) is 0 Å². The molecule has 1 N–H and O–H groups in total. The van der Waals surface area contributed by atoms with Gasteiger partial charge in [-0.3, -0.25) is 9.69 Å². The molecule has 2 aromatic rings. The van der Waals surface area contributed by atoms with Gasteiger partial charge in [-0.1, -0.05) is 36.8 Å². The molecule has 2 aliphatic rings. The topological polar surface area (TPSA) is 45.2 Å². The molecule has 2 aliphatic heterocycles. The molecule has 4 rings (SSSR count). The average Bonchev–Trinajstić information content (AvgIpc) is 3.15. The van der Waals surface area contributed by atoms with Crippen molar-refractivity contribution in [1.82, 2.24) is 15.2 Å². The summed E-state index contributed by atoms with van der Waals surface area (Å²) in [5.74, 6) is 0.216. The highest BCUT2D eigenvalue weighted by Gasteiger charge is 2.42. The fraction of sp³-hybridized carbons (Fsp3) is 0.500. The van der Waals surface area contributed by atoms with Gasteiger partial charge in [0.2, 0.25) is 5.91 Å². The number of rotatable bonds is 3. The fourth-order valence-corrected chi connectivity index (χ4v) is 4.94. The van der Waals surface area contributed by atoms with E-state index in [2.05, 4.69) is 57.8 Å². The number of hydrogen-bond donors (Lipinski definition) is 1. The maximum Gasteiger partial charge on any atom is 0.220 e. The number of nitrogens with zero attached hydrogens (tertiary/aromatic N) is 2. The van der Waals surface area contributed by atoms with E-state index in [1.165, 1.54) is 5.56 Å². The molecule has 2 fully saturated rings. The van der Waals surface area contributed by atoms with Gasteiger partial charge >= 0.3 is 0 Å². The van der Waals surface area contributed by atoms with E-state index in [9.17, 15) is 4.79 Å². The Morgan fingerprint density at radius 3 is 2.88 bits per heavy atom. The molecule has 0 bridgehead atoms. The van der Waals surface area contributed by atoms with Gasteiger partial charge in [0, 0.05) is 36.5 Å². The molecule has 132 valence electrons. The number of amides is 1. The summed E-state index contributed by atoms with van der Waals surface area (Å²) in [5.41, 5.74) is 2.49. The SMILES string of the molecule is Cc1nc(CN2[C@H](c3ccccc3)C[C@H]3NC(=O)CCCC[C@@H]32)cs1. The van der Waals surface area contributed by atoms with E-state index in [0.29, 0.717) is 18.5 Å². The molecule has 4 nitrogen and oxygen atoms in total. The minimum absolute atomic E-state index is 0.216. The number of carbonyl (C=O) groups is 1. The van der Waals surface area contributed by atoms with Crippen molar-refractivity contribution in [2.45, 2.75) is 63.7 Å². The minimum atomic E-state index is 0.216. The van der Waals surface area contributed by atoms with E-state index >= 15 is 0 Å². The van der Waals surface area contributed by atoms with Crippen molar-refractivity contribution in [3.05, 3.63) is 52.0 Å². The number of nitrogens with one attached hydrogen (secondary N) is 1. The first-order chi connectivity index (χ1) is 12.2. The lowest BCUT2D eigenvalue weighted by Gasteiger charge is -2.32. The largest absolute Gasteiger partial charge is 0.352 e. The Balaban J connectivity index is 1.64. The van der Waals surface area contributed by atoms with Gasteiger partial charge < -0.3 is 5.32 Å². The van der Waals surface area contributed by atoms with Crippen molar-refractivity contribution in [3.63, 3.8) is 0 Å². The van der Waals surface area contributed by atoms with E-state index in [0.717, 1.165) is 42.9 Å². The van der Waals surface area contributed by atoms with Gasteiger partial charge in [-0.25, -0.2) is 4.98 Å². The Hall–Kier alpha value is -1.72. The molecule has 1 amide bonds. The van der Waals surface area contributed by atoms with Gasteiger partial charge in [-0.15, -0.1) is 11.3 Å². The Morgan fingerprint density at radius 1 is 1.28 bits per heavy atom. The third-order valence-electron chi connectivity index (χ3n) is 5.46. The monoisotopic (exact) mass is 355 g/mol. The predicted molar refractivity (Wildman–Crippen MR) is 100 cm³/mol. The van der Waals surface area contributed by atoms with Crippen LogP contribution in [-0.4, -0.2) is 27.9 Å². The molecule has 3 heterocycles. The van der Waals surface area contributed by atoms with Crippen molar-refractivity contribution >= 4 is 17.2 Å². The van der Waals surface area contributed by atoms with Crippen LogP contribution in [0, 0.1) is 6.92 Å². The predicted octanol–water partition coefficient (Wildman–Crippen LogP) is 3.83. The summed E-state index contributed by atoms with van der Waals surface area (Å²) in [7, 11) is 0. The van der Waals surface area contributed by atoms with E-state index in [4.69, 9.17) is 0 Å². The van der Waals surface area contributed by atoms with Crippen LogP contribution in [0.4, 0.5) is 0 Å². The summed E-state index contributed by atoms with van der Waals surface area (Å²) in [4.78, 5) is 19.4. The standard InChI is InChI=1S/C20H25N3OS/c1-14-21-16(13-25-14)12-23-18-9-5-6-10-20(24)22-17(18)11-19(23)15-7-3-2-4-8-15/h2-4,7-8,13,17-19H,5-6,9-12H2,1H3,(H,22,24)/t17-,18+,19+/m1/s1. The summed E-state index contributed by atoms with van der Waals surface area (Å²) in [5, 5.41) is 6.59. The first-order valence-electron chi connectivity index (χ1n) is 9.22. The second kappa shape index (κ2) is 7.26. The molecule has 0 saturated carbocycles. The number of likely N-dealkylation sites (tertiary alicyclic amines) is 1. The van der Waals surface area contributed by atoms with E-state index in [1.807, 2.05) is 0 Å². The summed E-state index contributed by atoms with van der Waals surface area (Å²) in [6.07, 6.45) is 4.93. The zero-order valence-electron chi connectivity index (χ0n) is 14.6. The van der Waals surface area contributed by atoms with Crippen LogP contribution in [0.5, 0.6) is 0 Å². The molecule has 5 heteroatoms. The highest BCUT2D eigenvalue weighted by atomic mass is 32.1. The molecular formula is C20H25N3OS. The maximum atomic E-state index is 12.1. The third-order valence-corrected chi connectivity index (χ3v) is 6.29. The van der Waals surface area contributed by atoms with Crippen LogP contribution in [0.1, 0.15) is 54.4 Å². The van der Waals surface area contributed by atoms with E-state index in [-0.39, 0.29) is 11.9 Å². The Morgan fingerprint density at radius 2 is 2.12 bits per heavy atom. The second-order valence-electron chi connectivity index (χ2n) is 7.18. The molecule has 2 saturated heterocycles. The first-order valence-corrected chi connectivity index (χ1v) is 10.1. The summed E-state index contributed by atoms with van der Waals surface area (Å²) >= 11 is 1.71. The van der Waals surface area contributed by atoms with Crippen molar-refractivity contribution in [1.29, 1.82) is 0 Å². The van der Waals surface area contributed by atoms with Gasteiger partial charge in [0.1, 0.15) is 0 Å².